The fourth-order valence-corrected chi connectivity index (χ4v) is 2.77. The van der Waals surface area contributed by atoms with Gasteiger partial charge in [0, 0.05) is 24.4 Å². The number of anilines is 1. The largest absolute Gasteiger partial charge is 0.396 e. The smallest absolute Gasteiger partial charge is 0.273 e. The van der Waals surface area contributed by atoms with E-state index in [1.807, 2.05) is 0 Å². The van der Waals surface area contributed by atoms with Gasteiger partial charge in [0.2, 0.25) is 0 Å². The Hall–Kier alpha value is -2.52. The highest BCUT2D eigenvalue weighted by molar-refractivity contribution is 7.89. The van der Waals surface area contributed by atoms with Crippen LogP contribution in [0.4, 0.5) is 11.4 Å². The molecule has 0 unspecified atom stereocenters. The molecule has 9 heteroatoms. The van der Waals surface area contributed by atoms with E-state index in [1.165, 1.54) is 36.5 Å². The van der Waals surface area contributed by atoms with Gasteiger partial charge in [0.05, 0.1) is 10.6 Å². The van der Waals surface area contributed by atoms with Gasteiger partial charge in [-0.05, 0) is 12.1 Å². The SMILES string of the molecule is Nc1cccnc1S(=O)(=O)NCc1ccccc1[N+](=O)[O-]. The highest BCUT2D eigenvalue weighted by atomic mass is 32.2. The molecule has 3 N–H and O–H groups in total. The lowest BCUT2D eigenvalue weighted by Gasteiger charge is -2.08. The molecule has 0 atom stereocenters. The van der Waals surface area contributed by atoms with Crippen LogP contribution in [0, 0.1) is 10.1 Å². The molecule has 0 aliphatic heterocycles. The molecule has 0 radical (unpaired) electrons. The number of nitro benzene ring substituents is 1. The summed E-state index contributed by atoms with van der Waals surface area (Å²) in [5, 5.41) is 10.6. The van der Waals surface area contributed by atoms with Crippen LogP contribution in [0.5, 0.6) is 0 Å². The number of para-hydroxylation sites is 1. The number of rotatable bonds is 5. The summed E-state index contributed by atoms with van der Waals surface area (Å²) >= 11 is 0. The van der Waals surface area contributed by atoms with E-state index in [4.69, 9.17) is 5.73 Å². The number of nitrogens with two attached hydrogens (primary N) is 1. The fraction of sp³-hybridized carbons (Fsp3) is 0.0833. The molecule has 0 spiro atoms. The van der Waals surface area contributed by atoms with Gasteiger partial charge >= 0.3 is 0 Å². The van der Waals surface area contributed by atoms with Crippen LogP contribution in [0.25, 0.3) is 0 Å². The first-order valence-electron chi connectivity index (χ1n) is 5.84. The van der Waals surface area contributed by atoms with E-state index in [-0.39, 0.29) is 28.5 Å². The molecule has 0 amide bonds. The van der Waals surface area contributed by atoms with Crippen LogP contribution in [-0.2, 0) is 16.6 Å². The molecule has 1 aromatic heterocycles. The van der Waals surface area contributed by atoms with E-state index >= 15 is 0 Å². The van der Waals surface area contributed by atoms with Crippen LogP contribution in [0.15, 0.2) is 47.6 Å². The molecule has 110 valence electrons. The third kappa shape index (κ3) is 3.33. The topological polar surface area (TPSA) is 128 Å². The van der Waals surface area contributed by atoms with Crippen LogP contribution in [0.2, 0.25) is 0 Å². The second-order valence-electron chi connectivity index (χ2n) is 4.11. The van der Waals surface area contributed by atoms with Gasteiger partial charge in [-0.3, -0.25) is 10.1 Å². The van der Waals surface area contributed by atoms with Crippen molar-refractivity contribution in [1.82, 2.24) is 9.71 Å². The Morgan fingerprint density at radius 2 is 1.95 bits per heavy atom. The predicted octanol–water partition coefficient (Wildman–Crippen LogP) is 1.05. The van der Waals surface area contributed by atoms with Crippen molar-refractivity contribution >= 4 is 21.4 Å². The minimum Gasteiger partial charge on any atom is -0.396 e. The van der Waals surface area contributed by atoms with Gasteiger partial charge in [0.15, 0.2) is 5.03 Å². The van der Waals surface area contributed by atoms with E-state index in [2.05, 4.69) is 9.71 Å². The first kappa shape index (κ1) is 14.9. The number of nitrogens with zero attached hydrogens (tertiary/aromatic N) is 2. The molecule has 0 fully saturated rings. The van der Waals surface area contributed by atoms with E-state index in [1.54, 1.807) is 6.07 Å². The van der Waals surface area contributed by atoms with Crippen molar-refractivity contribution in [1.29, 1.82) is 0 Å². The van der Waals surface area contributed by atoms with Crippen LogP contribution in [0.1, 0.15) is 5.56 Å². The second-order valence-corrected chi connectivity index (χ2v) is 5.79. The molecule has 0 aliphatic carbocycles. The second kappa shape index (κ2) is 5.85. The molecule has 0 saturated carbocycles. The maximum Gasteiger partial charge on any atom is 0.273 e. The average molecular weight is 308 g/mol. The first-order valence-corrected chi connectivity index (χ1v) is 7.32. The van der Waals surface area contributed by atoms with Gasteiger partial charge in [0.25, 0.3) is 15.7 Å². The van der Waals surface area contributed by atoms with Crippen molar-refractivity contribution in [3.63, 3.8) is 0 Å². The average Bonchev–Trinajstić information content (AvgIpc) is 2.45. The van der Waals surface area contributed by atoms with Gasteiger partial charge in [-0.1, -0.05) is 18.2 Å². The van der Waals surface area contributed by atoms with Crippen molar-refractivity contribution in [2.75, 3.05) is 5.73 Å². The van der Waals surface area contributed by atoms with Crippen LogP contribution >= 0.6 is 0 Å². The number of nitro groups is 1. The lowest BCUT2D eigenvalue weighted by atomic mass is 10.2. The van der Waals surface area contributed by atoms with E-state index in [9.17, 15) is 18.5 Å². The molecule has 21 heavy (non-hydrogen) atoms. The molecule has 0 bridgehead atoms. The fourth-order valence-electron chi connectivity index (χ4n) is 1.71. The van der Waals surface area contributed by atoms with Crippen LogP contribution in [0.3, 0.4) is 0 Å². The number of nitrogens with one attached hydrogen (secondary N) is 1. The highest BCUT2D eigenvalue weighted by Crippen LogP contribution is 2.19. The summed E-state index contributed by atoms with van der Waals surface area (Å²) < 4.78 is 26.4. The Labute approximate surface area is 120 Å². The zero-order valence-electron chi connectivity index (χ0n) is 10.8. The minimum atomic E-state index is -3.94. The van der Waals surface area contributed by atoms with Gasteiger partial charge in [-0.2, -0.15) is 0 Å². The number of hydrogen-bond acceptors (Lipinski definition) is 6. The summed E-state index contributed by atoms with van der Waals surface area (Å²) in [6.07, 6.45) is 1.30. The molecule has 8 nitrogen and oxygen atoms in total. The Balaban J connectivity index is 2.24. The Morgan fingerprint density at radius 1 is 1.24 bits per heavy atom. The summed E-state index contributed by atoms with van der Waals surface area (Å²) in [5.41, 5.74) is 5.66. The van der Waals surface area contributed by atoms with Crippen molar-refractivity contribution in [3.8, 4) is 0 Å². The summed E-state index contributed by atoms with van der Waals surface area (Å²) in [6.45, 7) is -0.227. The zero-order valence-corrected chi connectivity index (χ0v) is 11.6. The van der Waals surface area contributed by atoms with E-state index in [0.717, 1.165) is 0 Å². The van der Waals surface area contributed by atoms with Gasteiger partial charge < -0.3 is 5.73 Å². The molecule has 1 heterocycles. The summed E-state index contributed by atoms with van der Waals surface area (Å²) in [5.74, 6) is 0. The van der Waals surface area contributed by atoms with Crippen molar-refractivity contribution < 1.29 is 13.3 Å². The third-order valence-corrected chi connectivity index (χ3v) is 4.07. The first-order chi connectivity index (χ1) is 9.92. The van der Waals surface area contributed by atoms with Crippen LogP contribution < -0.4 is 10.5 Å². The number of aromatic nitrogens is 1. The van der Waals surface area contributed by atoms with Crippen molar-refractivity contribution in [2.45, 2.75) is 11.6 Å². The van der Waals surface area contributed by atoms with Crippen molar-refractivity contribution in [2.24, 2.45) is 0 Å². The number of hydrogen-bond donors (Lipinski definition) is 2. The number of benzene rings is 1. The Morgan fingerprint density at radius 3 is 2.62 bits per heavy atom. The maximum atomic E-state index is 12.1. The third-order valence-electron chi connectivity index (χ3n) is 2.70. The summed E-state index contributed by atoms with van der Waals surface area (Å²) in [7, 11) is -3.94. The van der Waals surface area contributed by atoms with Gasteiger partial charge in [0.1, 0.15) is 0 Å². The maximum absolute atomic E-state index is 12.1. The number of sulfonamides is 1. The minimum absolute atomic E-state index is 0.00700. The van der Waals surface area contributed by atoms with Gasteiger partial charge in [-0.15, -0.1) is 0 Å². The molecule has 0 aliphatic rings. The summed E-state index contributed by atoms with van der Waals surface area (Å²) in [4.78, 5) is 14.0. The number of pyridine rings is 1. The van der Waals surface area contributed by atoms with E-state index < -0.39 is 14.9 Å². The van der Waals surface area contributed by atoms with Gasteiger partial charge in [-0.25, -0.2) is 18.1 Å². The molecule has 0 saturated heterocycles. The van der Waals surface area contributed by atoms with Crippen molar-refractivity contribution in [3.05, 3.63) is 58.3 Å². The molecule has 2 aromatic rings. The normalized spacial score (nSPS) is 11.2. The Kier molecular flexibility index (Phi) is 4.15. The summed E-state index contributed by atoms with van der Waals surface area (Å²) in [6, 6.07) is 8.79. The molecule has 1 aromatic carbocycles. The quantitative estimate of drug-likeness (QED) is 0.627. The number of nitrogen functional groups attached to an aromatic ring is 1. The lowest BCUT2D eigenvalue weighted by molar-refractivity contribution is -0.385. The predicted molar refractivity (Wildman–Crippen MR) is 75.8 cm³/mol. The molecular formula is C12H12N4O4S. The van der Waals surface area contributed by atoms with Crippen LogP contribution in [-0.4, -0.2) is 18.3 Å². The zero-order chi connectivity index (χ0) is 15.5. The van der Waals surface area contributed by atoms with E-state index in [0.29, 0.717) is 0 Å². The standard InChI is InChI=1S/C12H12N4O4S/c13-10-5-3-7-14-12(10)21(19,20)15-8-9-4-1-2-6-11(9)16(17)18/h1-7,15H,8,13H2. The Bertz CT molecular complexity index is 776. The molecule has 2 rings (SSSR count). The molecular weight excluding hydrogens is 296 g/mol. The lowest BCUT2D eigenvalue weighted by Crippen LogP contribution is -2.25. The highest BCUT2D eigenvalue weighted by Gasteiger charge is 2.20. The monoisotopic (exact) mass is 308 g/mol.